The number of anilines is 1. The molecule has 0 unspecified atom stereocenters. The highest BCUT2D eigenvalue weighted by molar-refractivity contribution is 7.71. The molecule has 8 nitrogen and oxygen atoms in total. The summed E-state index contributed by atoms with van der Waals surface area (Å²) in [6.45, 7) is 6.13. The SMILES string of the molecule is C=CCn1c(-c2sc(NC(=O)c3cc(C4CC4)no3)nc2C)n[nH]c1=S. The van der Waals surface area contributed by atoms with Crippen LogP contribution in [0.4, 0.5) is 5.13 Å². The molecule has 4 rings (SSSR count). The number of hydrogen-bond acceptors (Lipinski definition) is 7. The van der Waals surface area contributed by atoms with Gasteiger partial charge in [-0.1, -0.05) is 22.6 Å². The van der Waals surface area contributed by atoms with Crippen LogP contribution in [-0.4, -0.2) is 30.8 Å². The number of rotatable bonds is 6. The van der Waals surface area contributed by atoms with Gasteiger partial charge in [-0.05, 0) is 32.0 Å². The number of allylic oxidation sites excluding steroid dienone is 1. The van der Waals surface area contributed by atoms with Gasteiger partial charge < -0.3 is 4.52 Å². The molecule has 1 saturated carbocycles. The van der Waals surface area contributed by atoms with Gasteiger partial charge in [0.25, 0.3) is 5.91 Å². The van der Waals surface area contributed by atoms with Crippen LogP contribution in [0.25, 0.3) is 10.7 Å². The van der Waals surface area contributed by atoms with Crippen LogP contribution < -0.4 is 5.32 Å². The third kappa shape index (κ3) is 3.13. The Morgan fingerprint density at radius 1 is 1.62 bits per heavy atom. The van der Waals surface area contributed by atoms with E-state index < -0.39 is 0 Å². The summed E-state index contributed by atoms with van der Waals surface area (Å²) in [6, 6.07) is 1.70. The van der Waals surface area contributed by atoms with Crippen molar-refractivity contribution in [2.24, 2.45) is 0 Å². The highest BCUT2D eigenvalue weighted by Gasteiger charge is 2.28. The average Bonchev–Trinajstić information content (AvgIpc) is 3.06. The first-order valence-electron chi connectivity index (χ1n) is 8.08. The molecule has 0 atom stereocenters. The van der Waals surface area contributed by atoms with Gasteiger partial charge in [-0.15, -0.1) is 6.58 Å². The molecule has 26 heavy (non-hydrogen) atoms. The van der Waals surface area contributed by atoms with Gasteiger partial charge in [0.2, 0.25) is 5.76 Å². The predicted molar refractivity (Wildman–Crippen MR) is 99.9 cm³/mol. The van der Waals surface area contributed by atoms with Crippen LogP contribution in [0.3, 0.4) is 0 Å². The van der Waals surface area contributed by atoms with E-state index >= 15 is 0 Å². The number of aryl methyl sites for hydroxylation is 1. The van der Waals surface area contributed by atoms with Crippen molar-refractivity contribution in [1.82, 2.24) is 24.9 Å². The number of H-pyrrole nitrogens is 1. The predicted octanol–water partition coefficient (Wildman–Crippen LogP) is 3.68. The molecular formula is C16H16N6O2S2. The summed E-state index contributed by atoms with van der Waals surface area (Å²) in [5.74, 6) is 0.924. The van der Waals surface area contributed by atoms with Crippen LogP contribution in [0, 0.1) is 11.7 Å². The molecular weight excluding hydrogens is 372 g/mol. The van der Waals surface area contributed by atoms with Crippen LogP contribution in [0.5, 0.6) is 0 Å². The minimum Gasteiger partial charge on any atom is -0.351 e. The lowest BCUT2D eigenvalue weighted by molar-refractivity contribution is 0.0988. The second kappa shape index (κ2) is 6.61. The molecule has 1 aliphatic rings. The van der Waals surface area contributed by atoms with Gasteiger partial charge in [-0.25, -0.2) is 4.98 Å². The average molecular weight is 388 g/mol. The van der Waals surface area contributed by atoms with Gasteiger partial charge >= 0.3 is 0 Å². The molecule has 2 N–H and O–H groups in total. The van der Waals surface area contributed by atoms with E-state index in [-0.39, 0.29) is 11.7 Å². The van der Waals surface area contributed by atoms with Crippen molar-refractivity contribution in [2.75, 3.05) is 5.32 Å². The second-order valence-corrected chi connectivity index (χ2v) is 7.42. The Morgan fingerprint density at radius 3 is 3.15 bits per heavy atom. The minimum atomic E-state index is -0.366. The molecule has 0 spiro atoms. The maximum Gasteiger partial charge on any atom is 0.296 e. The monoisotopic (exact) mass is 388 g/mol. The molecule has 3 heterocycles. The van der Waals surface area contributed by atoms with Crippen molar-refractivity contribution in [3.05, 3.63) is 40.6 Å². The lowest BCUT2D eigenvalue weighted by Crippen LogP contribution is -2.10. The topological polar surface area (TPSA) is 102 Å². The van der Waals surface area contributed by atoms with E-state index in [1.165, 1.54) is 11.3 Å². The Balaban J connectivity index is 1.57. The van der Waals surface area contributed by atoms with Crippen molar-refractivity contribution >= 4 is 34.6 Å². The second-order valence-electron chi connectivity index (χ2n) is 6.03. The first kappa shape index (κ1) is 16.9. The van der Waals surface area contributed by atoms with Gasteiger partial charge in [0.1, 0.15) is 0 Å². The Morgan fingerprint density at radius 2 is 2.42 bits per heavy atom. The lowest BCUT2D eigenvalue weighted by Gasteiger charge is -2.01. The Hall–Kier alpha value is -2.59. The van der Waals surface area contributed by atoms with Gasteiger partial charge in [-0.3, -0.25) is 19.8 Å². The zero-order valence-electron chi connectivity index (χ0n) is 14.0. The zero-order valence-corrected chi connectivity index (χ0v) is 15.6. The largest absolute Gasteiger partial charge is 0.351 e. The number of hydrogen-bond donors (Lipinski definition) is 2. The first-order chi connectivity index (χ1) is 12.6. The Kier molecular flexibility index (Phi) is 4.29. The summed E-state index contributed by atoms with van der Waals surface area (Å²) in [6.07, 6.45) is 3.94. The third-order valence-electron chi connectivity index (χ3n) is 4.04. The molecule has 0 radical (unpaired) electrons. The van der Waals surface area contributed by atoms with Crippen molar-refractivity contribution in [2.45, 2.75) is 32.2 Å². The van der Waals surface area contributed by atoms with Crippen molar-refractivity contribution < 1.29 is 9.32 Å². The number of carbonyl (C=O) groups is 1. The summed E-state index contributed by atoms with van der Waals surface area (Å²) in [5, 5.41) is 14.2. The van der Waals surface area contributed by atoms with Gasteiger partial charge in [-0.2, -0.15) is 5.10 Å². The lowest BCUT2D eigenvalue weighted by atomic mass is 10.2. The molecule has 1 aliphatic carbocycles. The van der Waals surface area contributed by atoms with Crippen LogP contribution >= 0.6 is 23.6 Å². The number of amides is 1. The van der Waals surface area contributed by atoms with E-state index in [1.807, 2.05) is 11.5 Å². The van der Waals surface area contributed by atoms with Crippen molar-refractivity contribution in [3.8, 4) is 10.7 Å². The molecule has 0 aromatic carbocycles. The fourth-order valence-corrected chi connectivity index (χ4v) is 3.74. The molecule has 10 heteroatoms. The summed E-state index contributed by atoms with van der Waals surface area (Å²) in [7, 11) is 0. The van der Waals surface area contributed by atoms with Gasteiger partial charge in [0.05, 0.1) is 16.3 Å². The summed E-state index contributed by atoms with van der Waals surface area (Å²) in [4.78, 5) is 17.6. The molecule has 3 aromatic heterocycles. The van der Waals surface area contributed by atoms with E-state index in [4.69, 9.17) is 16.7 Å². The molecule has 3 aromatic rings. The summed E-state index contributed by atoms with van der Waals surface area (Å²) >= 11 is 6.57. The smallest absolute Gasteiger partial charge is 0.296 e. The quantitative estimate of drug-likeness (QED) is 0.493. The van der Waals surface area contributed by atoms with E-state index in [1.54, 1.807) is 12.1 Å². The Labute approximate surface area is 157 Å². The number of nitrogens with one attached hydrogen (secondary N) is 2. The van der Waals surface area contributed by atoms with Crippen LogP contribution in [0.2, 0.25) is 0 Å². The maximum absolute atomic E-state index is 12.4. The van der Waals surface area contributed by atoms with E-state index in [0.717, 1.165) is 29.1 Å². The summed E-state index contributed by atoms with van der Waals surface area (Å²) < 4.78 is 7.48. The van der Waals surface area contributed by atoms with Crippen molar-refractivity contribution in [1.29, 1.82) is 0 Å². The standard InChI is InChI=1S/C16H16N6O2S2/c1-3-6-22-13(19-20-16(22)25)12-8(2)17-15(26-12)18-14(23)11-7-10(21-24-11)9-4-5-9/h3,7,9H,1,4-6H2,2H3,(H,20,25)(H,17,18,23). The Bertz CT molecular complexity index is 1040. The molecule has 1 fully saturated rings. The first-order valence-corrected chi connectivity index (χ1v) is 9.31. The fraction of sp³-hybridized carbons (Fsp3) is 0.312. The highest BCUT2D eigenvalue weighted by Crippen LogP contribution is 2.39. The number of thiazole rings is 1. The number of aromatic amines is 1. The molecule has 134 valence electrons. The summed E-state index contributed by atoms with van der Waals surface area (Å²) in [5.41, 5.74) is 1.59. The maximum atomic E-state index is 12.4. The number of nitrogens with zero attached hydrogens (tertiary/aromatic N) is 4. The van der Waals surface area contributed by atoms with Crippen molar-refractivity contribution in [3.63, 3.8) is 0 Å². The third-order valence-corrected chi connectivity index (χ3v) is 5.42. The highest BCUT2D eigenvalue weighted by atomic mass is 32.1. The van der Waals surface area contributed by atoms with Gasteiger partial charge in [0.15, 0.2) is 15.7 Å². The fourth-order valence-electron chi connectivity index (χ4n) is 2.57. The normalized spacial score (nSPS) is 13.7. The molecule has 0 aliphatic heterocycles. The molecule has 0 saturated heterocycles. The van der Waals surface area contributed by atoms with E-state index in [9.17, 15) is 4.79 Å². The number of carbonyl (C=O) groups excluding carboxylic acids is 1. The van der Waals surface area contributed by atoms with E-state index in [2.05, 4.69) is 32.2 Å². The zero-order chi connectivity index (χ0) is 18.3. The molecule has 1 amide bonds. The molecule has 0 bridgehead atoms. The minimum absolute atomic E-state index is 0.190. The number of aromatic nitrogens is 5. The van der Waals surface area contributed by atoms with Gasteiger partial charge in [0, 0.05) is 18.5 Å². The van der Waals surface area contributed by atoms with E-state index in [0.29, 0.717) is 28.2 Å². The van der Waals surface area contributed by atoms with Crippen LogP contribution in [0.1, 0.15) is 40.7 Å². The van der Waals surface area contributed by atoms with Crippen LogP contribution in [0.15, 0.2) is 23.2 Å². The van der Waals surface area contributed by atoms with Crippen LogP contribution in [-0.2, 0) is 6.54 Å².